The Morgan fingerprint density at radius 2 is 2.04 bits per heavy atom. The smallest absolute Gasteiger partial charge is 0.225 e. The lowest BCUT2D eigenvalue weighted by atomic mass is 9.74. The van der Waals surface area contributed by atoms with E-state index in [1.807, 2.05) is 13.0 Å². The van der Waals surface area contributed by atoms with Crippen molar-refractivity contribution in [2.45, 2.75) is 50.8 Å². The average Bonchev–Trinajstić information content (AvgIpc) is 2.60. The van der Waals surface area contributed by atoms with Gasteiger partial charge in [-0.2, -0.15) is 0 Å². The number of amides is 1. The molecule has 3 unspecified atom stereocenters. The number of nitrogens with one attached hydrogen (secondary N) is 1. The highest BCUT2D eigenvalue weighted by Crippen LogP contribution is 2.31. The van der Waals surface area contributed by atoms with Crippen molar-refractivity contribution in [3.63, 3.8) is 0 Å². The first-order valence-corrected chi connectivity index (χ1v) is 9.49. The Kier molecular flexibility index (Phi) is 10.1. The van der Waals surface area contributed by atoms with Crippen LogP contribution in [0.2, 0.25) is 0 Å². The molecule has 3 atom stereocenters. The van der Waals surface area contributed by atoms with E-state index in [4.69, 9.17) is 10.5 Å². The molecule has 0 aromatic heterocycles. The molecule has 2 aliphatic rings. The van der Waals surface area contributed by atoms with Crippen LogP contribution in [0.4, 0.5) is 0 Å². The Balaban J connectivity index is 0.00000182. The highest BCUT2D eigenvalue weighted by molar-refractivity contribution is 5.85. The van der Waals surface area contributed by atoms with Crippen molar-refractivity contribution in [1.82, 2.24) is 10.2 Å². The predicted molar refractivity (Wildman–Crippen MR) is 114 cm³/mol. The van der Waals surface area contributed by atoms with E-state index in [0.717, 1.165) is 45.3 Å². The van der Waals surface area contributed by atoms with Crippen molar-refractivity contribution >= 4 is 30.7 Å². The molecule has 0 bridgehead atoms. The molecule has 7 heteroatoms. The van der Waals surface area contributed by atoms with Crippen LogP contribution in [0.15, 0.2) is 30.3 Å². The number of rotatable bonds is 5. The van der Waals surface area contributed by atoms with Gasteiger partial charge in [0.1, 0.15) is 0 Å². The highest BCUT2D eigenvalue weighted by atomic mass is 35.5. The van der Waals surface area contributed by atoms with E-state index >= 15 is 0 Å². The molecule has 2 fully saturated rings. The van der Waals surface area contributed by atoms with Crippen molar-refractivity contribution < 1.29 is 9.53 Å². The van der Waals surface area contributed by atoms with Crippen molar-refractivity contribution in [2.24, 2.45) is 11.7 Å². The van der Waals surface area contributed by atoms with Crippen molar-refractivity contribution in [3.8, 4) is 0 Å². The van der Waals surface area contributed by atoms with Crippen LogP contribution in [0.1, 0.15) is 38.2 Å². The maximum atomic E-state index is 12.6. The summed E-state index contributed by atoms with van der Waals surface area (Å²) in [6.07, 6.45) is 4.08. The summed E-state index contributed by atoms with van der Waals surface area (Å²) in [7, 11) is 0. The minimum atomic E-state index is -0.380. The molecule has 3 N–H and O–H groups in total. The second kappa shape index (κ2) is 11.2. The maximum absolute atomic E-state index is 12.6. The average molecular weight is 418 g/mol. The van der Waals surface area contributed by atoms with Gasteiger partial charge in [0, 0.05) is 31.7 Å². The lowest BCUT2D eigenvalue weighted by Crippen LogP contribution is -2.54. The fourth-order valence-electron chi connectivity index (χ4n) is 4.02. The number of benzene rings is 1. The lowest BCUT2D eigenvalue weighted by molar-refractivity contribution is -0.129. The molecule has 154 valence electrons. The van der Waals surface area contributed by atoms with Crippen LogP contribution in [-0.4, -0.2) is 48.7 Å². The lowest BCUT2D eigenvalue weighted by Gasteiger charge is -2.38. The quantitative estimate of drug-likeness (QED) is 0.772. The maximum Gasteiger partial charge on any atom is 0.225 e. The summed E-state index contributed by atoms with van der Waals surface area (Å²) in [5, 5.41) is 3.09. The number of hydrogen-bond donors (Lipinski definition) is 2. The second-order valence-corrected chi connectivity index (χ2v) is 7.76. The Morgan fingerprint density at radius 3 is 2.74 bits per heavy atom. The number of carbonyl (C=O) groups excluding carboxylic acids is 1. The minimum Gasteiger partial charge on any atom is -0.374 e. The summed E-state index contributed by atoms with van der Waals surface area (Å²) in [5.41, 5.74) is 7.27. The van der Waals surface area contributed by atoms with E-state index in [-0.39, 0.29) is 48.3 Å². The number of hydrogen-bond acceptors (Lipinski definition) is 4. The van der Waals surface area contributed by atoms with Crippen LogP contribution < -0.4 is 11.1 Å². The van der Waals surface area contributed by atoms with Gasteiger partial charge >= 0.3 is 0 Å². The number of halogens is 2. The SMILES string of the molecule is CC1(N)CCCCC1C(=O)NCC1CN(Cc2ccccc2)CCO1.Cl.Cl. The number of nitrogens with zero attached hydrogens (tertiary/aromatic N) is 1. The van der Waals surface area contributed by atoms with Gasteiger partial charge in [-0.05, 0) is 25.3 Å². The zero-order valence-corrected chi connectivity index (χ0v) is 17.7. The molecule has 1 aromatic rings. The van der Waals surface area contributed by atoms with E-state index < -0.39 is 0 Å². The molecular weight excluding hydrogens is 385 g/mol. The fraction of sp³-hybridized carbons (Fsp3) is 0.650. The largest absolute Gasteiger partial charge is 0.374 e. The minimum absolute atomic E-state index is 0. The third kappa shape index (κ3) is 6.91. The summed E-state index contributed by atoms with van der Waals surface area (Å²) < 4.78 is 5.85. The molecule has 0 radical (unpaired) electrons. The molecule has 1 aliphatic heterocycles. The topological polar surface area (TPSA) is 67.6 Å². The Bertz CT molecular complexity index is 572. The first kappa shape index (κ1) is 24.2. The summed E-state index contributed by atoms with van der Waals surface area (Å²) >= 11 is 0. The highest BCUT2D eigenvalue weighted by Gasteiger charge is 2.37. The van der Waals surface area contributed by atoms with Gasteiger partial charge in [-0.15, -0.1) is 24.8 Å². The monoisotopic (exact) mass is 417 g/mol. The Morgan fingerprint density at radius 1 is 1.30 bits per heavy atom. The number of carbonyl (C=O) groups is 1. The van der Waals surface area contributed by atoms with Crippen LogP contribution in [0.3, 0.4) is 0 Å². The number of nitrogens with two attached hydrogens (primary N) is 1. The van der Waals surface area contributed by atoms with Gasteiger partial charge in [0.25, 0.3) is 0 Å². The molecule has 1 heterocycles. The van der Waals surface area contributed by atoms with E-state index in [0.29, 0.717) is 13.2 Å². The van der Waals surface area contributed by atoms with Crippen molar-refractivity contribution in [2.75, 3.05) is 26.2 Å². The van der Waals surface area contributed by atoms with Gasteiger partial charge in [0.15, 0.2) is 0 Å². The van der Waals surface area contributed by atoms with Gasteiger partial charge in [0.05, 0.1) is 18.6 Å². The van der Waals surface area contributed by atoms with Gasteiger partial charge in [0.2, 0.25) is 5.91 Å². The Labute approximate surface area is 175 Å². The molecule has 1 saturated heterocycles. The first-order chi connectivity index (χ1) is 12.0. The van der Waals surface area contributed by atoms with Crippen molar-refractivity contribution in [3.05, 3.63) is 35.9 Å². The summed E-state index contributed by atoms with van der Waals surface area (Å²) in [6.45, 7) is 6.00. The Hall–Kier alpha value is -0.850. The summed E-state index contributed by atoms with van der Waals surface area (Å²) in [4.78, 5) is 15.0. The van der Waals surface area contributed by atoms with Crippen LogP contribution in [0.5, 0.6) is 0 Å². The van der Waals surface area contributed by atoms with Crippen LogP contribution in [0.25, 0.3) is 0 Å². The van der Waals surface area contributed by atoms with Gasteiger partial charge in [-0.3, -0.25) is 9.69 Å². The normalized spacial score (nSPS) is 28.5. The zero-order valence-electron chi connectivity index (χ0n) is 16.1. The molecule has 0 spiro atoms. The number of ether oxygens (including phenoxy) is 1. The number of morpholine rings is 1. The van der Waals surface area contributed by atoms with E-state index in [2.05, 4.69) is 34.5 Å². The first-order valence-electron chi connectivity index (χ1n) is 9.49. The summed E-state index contributed by atoms with van der Waals surface area (Å²) in [6, 6.07) is 10.5. The van der Waals surface area contributed by atoms with Crippen LogP contribution in [-0.2, 0) is 16.1 Å². The molecule has 1 saturated carbocycles. The molecule has 27 heavy (non-hydrogen) atoms. The van der Waals surface area contributed by atoms with Crippen molar-refractivity contribution in [1.29, 1.82) is 0 Å². The van der Waals surface area contributed by atoms with Gasteiger partial charge in [-0.25, -0.2) is 0 Å². The molecule has 1 amide bonds. The van der Waals surface area contributed by atoms with Gasteiger partial charge < -0.3 is 15.8 Å². The molecular formula is C20H33Cl2N3O2. The predicted octanol–water partition coefficient (Wildman–Crippen LogP) is 2.75. The van der Waals surface area contributed by atoms with Crippen LogP contribution >= 0.6 is 24.8 Å². The standard InChI is InChI=1S/C20H31N3O2.2ClH/c1-20(21)10-6-5-9-18(20)19(24)22-13-17-15-23(11-12-25-17)14-16-7-3-2-4-8-16;;/h2-4,7-8,17-18H,5-6,9-15,21H2,1H3,(H,22,24);2*1H. The van der Waals surface area contributed by atoms with E-state index in [1.54, 1.807) is 0 Å². The third-order valence-corrected chi connectivity index (χ3v) is 5.55. The molecule has 5 nitrogen and oxygen atoms in total. The van der Waals surface area contributed by atoms with E-state index in [9.17, 15) is 4.79 Å². The fourth-order valence-corrected chi connectivity index (χ4v) is 4.02. The van der Waals surface area contributed by atoms with Gasteiger partial charge in [-0.1, -0.05) is 43.2 Å². The molecule has 3 rings (SSSR count). The third-order valence-electron chi connectivity index (χ3n) is 5.55. The second-order valence-electron chi connectivity index (χ2n) is 7.76. The summed E-state index contributed by atoms with van der Waals surface area (Å²) in [5.74, 6) is 0.0127. The van der Waals surface area contributed by atoms with Crippen LogP contribution in [0, 0.1) is 5.92 Å². The molecule has 1 aliphatic carbocycles. The molecule has 1 aromatic carbocycles. The zero-order chi connectivity index (χ0) is 17.7. The van der Waals surface area contributed by atoms with E-state index in [1.165, 1.54) is 5.56 Å².